The molecule has 0 spiro atoms. The zero-order chi connectivity index (χ0) is 14.0. The first-order chi connectivity index (χ1) is 8.99. The normalized spacial score (nSPS) is 10.3. The van der Waals surface area contributed by atoms with Crippen molar-refractivity contribution in [2.75, 3.05) is 5.32 Å². The number of amides is 1. The van der Waals surface area contributed by atoms with Crippen molar-refractivity contribution in [2.45, 2.75) is 6.92 Å². The first-order valence-corrected chi connectivity index (χ1v) is 5.36. The van der Waals surface area contributed by atoms with Crippen LogP contribution in [0.4, 0.5) is 18.9 Å². The van der Waals surface area contributed by atoms with Crippen LogP contribution in [-0.4, -0.2) is 10.9 Å². The molecule has 1 aromatic heterocycles. The van der Waals surface area contributed by atoms with Gasteiger partial charge in [0.15, 0.2) is 17.5 Å². The Morgan fingerprint density at radius 3 is 2.47 bits per heavy atom. The van der Waals surface area contributed by atoms with E-state index < -0.39 is 29.0 Å². The van der Waals surface area contributed by atoms with E-state index in [0.29, 0.717) is 0 Å². The summed E-state index contributed by atoms with van der Waals surface area (Å²) < 4.78 is 39.1. The minimum absolute atomic E-state index is 0.190. The van der Waals surface area contributed by atoms with E-state index in [-0.39, 0.29) is 5.56 Å². The Kier molecular flexibility index (Phi) is 3.50. The highest BCUT2D eigenvalue weighted by Crippen LogP contribution is 2.20. The van der Waals surface area contributed by atoms with Crippen LogP contribution in [-0.2, 0) is 0 Å². The lowest BCUT2D eigenvalue weighted by Crippen LogP contribution is -2.14. The topological polar surface area (TPSA) is 42.0 Å². The van der Waals surface area contributed by atoms with E-state index in [2.05, 4.69) is 10.3 Å². The van der Waals surface area contributed by atoms with Crippen molar-refractivity contribution in [3.63, 3.8) is 0 Å². The highest BCUT2D eigenvalue weighted by Gasteiger charge is 2.15. The lowest BCUT2D eigenvalue weighted by molar-refractivity contribution is 0.102. The second-order valence-corrected chi connectivity index (χ2v) is 3.87. The van der Waals surface area contributed by atoms with Crippen LogP contribution in [0.2, 0.25) is 0 Å². The molecule has 3 nitrogen and oxygen atoms in total. The fourth-order valence-corrected chi connectivity index (χ4v) is 1.42. The molecule has 19 heavy (non-hydrogen) atoms. The van der Waals surface area contributed by atoms with Crippen LogP contribution in [0.1, 0.15) is 16.1 Å². The summed E-state index contributed by atoms with van der Waals surface area (Å²) in [6.45, 7) is 1.75. The number of pyridine rings is 1. The molecule has 0 bridgehead atoms. The predicted octanol–water partition coefficient (Wildman–Crippen LogP) is 3.06. The number of rotatable bonds is 2. The average molecular weight is 266 g/mol. The predicted molar refractivity (Wildman–Crippen MR) is 63.2 cm³/mol. The minimum atomic E-state index is -1.63. The van der Waals surface area contributed by atoms with Crippen LogP contribution in [0.25, 0.3) is 0 Å². The summed E-state index contributed by atoms with van der Waals surface area (Å²) in [7, 11) is 0. The monoisotopic (exact) mass is 266 g/mol. The average Bonchev–Trinajstić information content (AvgIpc) is 2.40. The van der Waals surface area contributed by atoms with Crippen LogP contribution < -0.4 is 5.32 Å². The number of anilines is 1. The maximum atomic E-state index is 13.4. The zero-order valence-electron chi connectivity index (χ0n) is 9.88. The highest BCUT2D eigenvalue weighted by molar-refractivity contribution is 6.04. The smallest absolute Gasteiger partial charge is 0.257 e. The number of hydrogen-bond donors (Lipinski definition) is 1. The quantitative estimate of drug-likeness (QED) is 0.849. The molecule has 0 aliphatic rings. The number of aryl methyl sites for hydroxylation is 1. The van der Waals surface area contributed by atoms with E-state index in [9.17, 15) is 18.0 Å². The number of nitrogens with zero attached hydrogens (tertiary/aromatic N) is 1. The molecule has 1 N–H and O–H groups in total. The molecule has 0 saturated heterocycles. The molecular weight excluding hydrogens is 257 g/mol. The fraction of sp³-hybridized carbons (Fsp3) is 0.0769. The Balaban J connectivity index is 2.24. The van der Waals surface area contributed by atoms with Crippen molar-refractivity contribution in [1.29, 1.82) is 0 Å². The van der Waals surface area contributed by atoms with Gasteiger partial charge in [-0.15, -0.1) is 0 Å². The molecule has 98 valence electrons. The third-order valence-corrected chi connectivity index (χ3v) is 2.46. The molecule has 2 aromatic rings. The minimum Gasteiger partial charge on any atom is -0.319 e. The second kappa shape index (κ2) is 5.09. The van der Waals surface area contributed by atoms with Crippen molar-refractivity contribution in [3.05, 3.63) is 59.2 Å². The van der Waals surface area contributed by atoms with Crippen LogP contribution in [0.15, 0.2) is 30.5 Å². The Morgan fingerprint density at radius 1 is 1.11 bits per heavy atom. The molecule has 0 aliphatic carbocycles. The van der Waals surface area contributed by atoms with Gasteiger partial charge in [0.25, 0.3) is 5.91 Å². The summed E-state index contributed by atoms with van der Waals surface area (Å²) in [6, 6.07) is 4.79. The maximum absolute atomic E-state index is 13.4. The van der Waals surface area contributed by atoms with Crippen LogP contribution in [0.5, 0.6) is 0 Å². The van der Waals surface area contributed by atoms with Gasteiger partial charge >= 0.3 is 0 Å². The van der Waals surface area contributed by atoms with Gasteiger partial charge in [0, 0.05) is 11.9 Å². The highest BCUT2D eigenvalue weighted by atomic mass is 19.2. The second-order valence-electron chi connectivity index (χ2n) is 3.87. The van der Waals surface area contributed by atoms with Gasteiger partial charge < -0.3 is 5.32 Å². The maximum Gasteiger partial charge on any atom is 0.257 e. The first-order valence-electron chi connectivity index (χ1n) is 5.36. The third-order valence-electron chi connectivity index (χ3n) is 2.46. The number of benzene rings is 1. The van der Waals surface area contributed by atoms with E-state index in [1.807, 2.05) is 0 Å². The lowest BCUT2D eigenvalue weighted by Gasteiger charge is -2.07. The fourth-order valence-electron chi connectivity index (χ4n) is 1.42. The van der Waals surface area contributed by atoms with E-state index >= 15 is 0 Å². The van der Waals surface area contributed by atoms with Crippen LogP contribution >= 0.6 is 0 Å². The van der Waals surface area contributed by atoms with Gasteiger partial charge in [0.2, 0.25) is 0 Å². The van der Waals surface area contributed by atoms with E-state index in [1.165, 1.54) is 12.3 Å². The number of aromatic nitrogens is 1. The first kappa shape index (κ1) is 13.1. The van der Waals surface area contributed by atoms with E-state index in [0.717, 1.165) is 17.8 Å². The zero-order valence-corrected chi connectivity index (χ0v) is 9.88. The van der Waals surface area contributed by atoms with Gasteiger partial charge in [-0.25, -0.2) is 13.2 Å². The summed E-state index contributed by atoms with van der Waals surface area (Å²) in [6.07, 6.45) is 1.31. The molecular formula is C13H9F3N2O. The summed E-state index contributed by atoms with van der Waals surface area (Å²) in [5.74, 6) is -5.03. The Labute approximate surface area is 107 Å². The number of carbonyl (C=O) groups is 1. The molecule has 0 radical (unpaired) electrons. The van der Waals surface area contributed by atoms with Gasteiger partial charge in [0.05, 0.1) is 11.3 Å². The Hall–Kier alpha value is -2.37. The Bertz CT molecular complexity index is 627. The molecule has 0 atom stereocenters. The molecule has 1 aromatic carbocycles. The summed E-state index contributed by atoms with van der Waals surface area (Å²) >= 11 is 0. The van der Waals surface area contributed by atoms with Crippen molar-refractivity contribution in [2.24, 2.45) is 0 Å². The molecule has 0 unspecified atom stereocenters. The van der Waals surface area contributed by atoms with Crippen molar-refractivity contribution in [1.82, 2.24) is 4.98 Å². The van der Waals surface area contributed by atoms with Crippen molar-refractivity contribution in [3.8, 4) is 0 Å². The molecule has 6 heteroatoms. The summed E-state index contributed by atoms with van der Waals surface area (Å²) in [5.41, 5.74) is 0.481. The van der Waals surface area contributed by atoms with E-state index in [4.69, 9.17) is 0 Å². The lowest BCUT2D eigenvalue weighted by atomic mass is 10.2. The number of hydrogen-bond acceptors (Lipinski definition) is 2. The molecule has 0 aliphatic heterocycles. The van der Waals surface area contributed by atoms with E-state index in [1.54, 1.807) is 13.0 Å². The standard InChI is InChI=1S/C13H9F3N2O/c1-7-2-3-8(6-17-7)13(19)18-10-5-4-9(14)11(15)12(10)16/h2-6H,1H3,(H,18,19). The van der Waals surface area contributed by atoms with Gasteiger partial charge in [-0.2, -0.15) is 0 Å². The van der Waals surface area contributed by atoms with Crippen LogP contribution in [0, 0.1) is 24.4 Å². The van der Waals surface area contributed by atoms with Crippen molar-refractivity contribution >= 4 is 11.6 Å². The van der Waals surface area contributed by atoms with Gasteiger partial charge in [-0.05, 0) is 31.2 Å². The molecule has 0 saturated carbocycles. The van der Waals surface area contributed by atoms with Gasteiger partial charge in [-0.3, -0.25) is 9.78 Å². The summed E-state index contributed by atoms with van der Waals surface area (Å²) in [5, 5.41) is 2.15. The summed E-state index contributed by atoms with van der Waals surface area (Å²) in [4.78, 5) is 15.6. The van der Waals surface area contributed by atoms with Gasteiger partial charge in [-0.1, -0.05) is 0 Å². The third kappa shape index (κ3) is 2.73. The van der Waals surface area contributed by atoms with Crippen LogP contribution in [0.3, 0.4) is 0 Å². The largest absolute Gasteiger partial charge is 0.319 e. The molecule has 1 heterocycles. The number of nitrogens with one attached hydrogen (secondary N) is 1. The van der Waals surface area contributed by atoms with Gasteiger partial charge in [0.1, 0.15) is 0 Å². The Morgan fingerprint density at radius 2 is 1.84 bits per heavy atom. The molecule has 0 fully saturated rings. The SMILES string of the molecule is Cc1ccc(C(=O)Nc2ccc(F)c(F)c2F)cn1. The number of carbonyl (C=O) groups excluding carboxylic acids is 1. The molecule has 1 amide bonds. The number of halogens is 3. The van der Waals surface area contributed by atoms with Crippen molar-refractivity contribution < 1.29 is 18.0 Å². The molecule has 2 rings (SSSR count).